The first-order chi connectivity index (χ1) is 15.7. The van der Waals surface area contributed by atoms with Crippen LogP contribution in [0.3, 0.4) is 0 Å². The summed E-state index contributed by atoms with van der Waals surface area (Å²) in [4.78, 5) is 41.9. The molecule has 1 saturated carbocycles. The first kappa shape index (κ1) is 25.0. The highest BCUT2D eigenvalue weighted by molar-refractivity contribution is 5.99. The van der Waals surface area contributed by atoms with Crippen molar-refractivity contribution >= 4 is 23.4 Å². The maximum Gasteiger partial charge on any atom is 0.257 e. The van der Waals surface area contributed by atoms with E-state index >= 15 is 0 Å². The molecule has 1 heterocycles. The third-order valence-electron chi connectivity index (χ3n) is 6.79. The Hall–Kier alpha value is -2.61. The number of nitrogens with one attached hydrogen (secondary N) is 1. The van der Waals surface area contributed by atoms with E-state index in [-0.39, 0.29) is 48.3 Å². The molecule has 1 aromatic carbocycles. The molecule has 1 aromatic rings. The van der Waals surface area contributed by atoms with Gasteiger partial charge >= 0.3 is 0 Å². The Morgan fingerprint density at radius 2 is 1.94 bits per heavy atom. The fourth-order valence-electron chi connectivity index (χ4n) is 4.30. The second kappa shape index (κ2) is 11.0. The van der Waals surface area contributed by atoms with Crippen molar-refractivity contribution < 1.29 is 23.9 Å². The average Bonchev–Trinajstić information content (AvgIpc) is 2.76. The Kier molecular flexibility index (Phi) is 8.35. The van der Waals surface area contributed by atoms with E-state index < -0.39 is 0 Å². The van der Waals surface area contributed by atoms with Gasteiger partial charge < -0.3 is 24.6 Å². The second-order valence-corrected chi connectivity index (χ2v) is 9.33. The maximum atomic E-state index is 13.3. The zero-order chi connectivity index (χ0) is 24.1. The van der Waals surface area contributed by atoms with Gasteiger partial charge in [-0.3, -0.25) is 14.4 Å². The van der Waals surface area contributed by atoms with E-state index in [4.69, 9.17) is 9.47 Å². The van der Waals surface area contributed by atoms with Gasteiger partial charge in [0.15, 0.2) is 0 Å². The summed E-state index contributed by atoms with van der Waals surface area (Å²) in [6.07, 6.45) is 3.10. The van der Waals surface area contributed by atoms with Gasteiger partial charge in [-0.25, -0.2) is 0 Å². The van der Waals surface area contributed by atoms with E-state index in [1.165, 1.54) is 0 Å². The molecule has 0 radical (unpaired) electrons. The highest BCUT2D eigenvalue weighted by Crippen LogP contribution is 2.31. The maximum absolute atomic E-state index is 13.3. The van der Waals surface area contributed by atoms with Gasteiger partial charge in [0.1, 0.15) is 12.4 Å². The summed E-state index contributed by atoms with van der Waals surface area (Å²) in [5.41, 5.74) is 0.920. The summed E-state index contributed by atoms with van der Waals surface area (Å²) in [6.45, 7) is 7.01. The van der Waals surface area contributed by atoms with E-state index in [1.54, 1.807) is 44.2 Å². The number of hydrogen-bond acceptors (Lipinski definition) is 5. The van der Waals surface area contributed by atoms with Crippen molar-refractivity contribution in [1.29, 1.82) is 0 Å². The van der Waals surface area contributed by atoms with Gasteiger partial charge in [0.25, 0.3) is 5.91 Å². The van der Waals surface area contributed by atoms with Crippen molar-refractivity contribution in [2.75, 3.05) is 39.2 Å². The van der Waals surface area contributed by atoms with Crippen LogP contribution in [0.25, 0.3) is 0 Å². The van der Waals surface area contributed by atoms with Gasteiger partial charge in [0, 0.05) is 51.2 Å². The number of likely N-dealkylation sites (N-methyl/N-ethyl adjacent to an activating group) is 1. The van der Waals surface area contributed by atoms with Gasteiger partial charge in [-0.05, 0) is 38.0 Å². The monoisotopic (exact) mass is 459 g/mol. The molecule has 1 N–H and O–H groups in total. The quantitative estimate of drug-likeness (QED) is 0.747. The summed E-state index contributed by atoms with van der Waals surface area (Å²) < 4.78 is 11.8. The number of anilines is 1. The summed E-state index contributed by atoms with van der Waals surface area (Å²) >= 11 is 0. The molecule has 1 fully saturated rings. The van der Waals surface area contributed by atoms with Crippen molar-refractivity contribution in [2.45, 2.75) is 58.6 Å². The van der Waals surface area contributed by atoms with Crippen LogP contribution < -0.4 is 10.1 Å². The molecule has 2 aliphatic rings. The Morgan fingerprint density at radius 1 is 1.21 bits per heavy atom. The van der Waals surface area contributed by atoms with Gasteiger partial charge in [-0.2, -0.15) is 0 Å². The Bertz CT molecular complexity index is 870. The summed E-state index contributed by atoms with van der Waals surface area (Å²) in [6, 6.07) is 4.94. The standard InChI is InChI=1S/C25H37N3O5/c1-6-23(29)26-19-10-11-21-20(12-19)25(31)27(4)14-22(32-5)16(2)13-28(17(3)15-33-21)24(30)18-8-7-9-18/h10-12,16-18,22H,6-9,13-15H2,1-5H3,(H,26,29)/t16-,17-,22-/m0/s1. The zero-order valence-corrected chi connectivity index (χ0v) is 20.4. The number of ether oxygens (including phenoxy) is 2. The third kappa shape index (κ3) is 5.85. The first-order valence-electron chi connectivity index (χ1n) is 11.9. The molecule has 182 valence electrons. The van der Waals surface area contributed by atoms with E-state index in [0.29, 0.717) is 36.5 Å². The zero-order valence-electron chi connectivity index (χ0n) is 20.4. The largest absolute Gasteiger partial charge is 0.491 e. The summed E-state index contributed by atoms with van der Waals surface area (Å²) in [5, 5.41) is 2.80. The number of carbonyl (C=O) groups excluding carboxylic acids is 3. The van der Waals surface area contributed by atoms with Crippen LogP contribution in [0.1, 0.15) is 56.8 Å². The highest BCUT2D eigenvalue weighted by atomic mass is 16.5. The van der Waals surface area contributed by atoms with Crippen LogP contribution in [0, 0.1) is 11.8 Å². The highest BCUT2D eigenvalue weighted by Gasteiger charge is 2.35. The number of amides is 3. The molecule has 0 unspecified atom stereocenters. The van der Waals surface area contributed by atoms with Crippen LogP contribution in [-0.2, 0) is 14.3 Å². The third-order valence-corrected chi connectivity index (χ3v) is 6.79. The first-order valence-corrected chi connectivity index (χ1v) is 11.9. The molecule has 8 nitrogen and oxygen atoms in total. The smallest absolute Gasteiger partial charge is 0.257 e. The number of methoxy groups -OCH3 is 1. The lowest BCUT2D eigenvalue weighted by molar-refractivity contribution is -0.142. The lowest BCUT2D eigenvalue weighted by Crippen LogP contribution is -2.51. The lowest BCUT2D eigenvalue weighted by Gasteiger charge is -2.39. The fourth-order valence-corrected chi connectivity index (χ4v) is 4.30. The molecule has 33 heavy (non-hydrogen) atoms. The van der Waals surface area contributed by atoms with E-state index in [2.05, 4.69) is 12.2 Å². The second-order valence-electron chi connectivity index (χ2n) is 9.33. The fraction of sp³-hybridized carbons (Fsp3) is 0.640. The lowest BCUT2D eigenvalue weighted by atomic mass is 9.83. The number of benzene rings is 1. The predicted octanol–water partition coefficient (Wildman–Crippen LogP) is 3.17. The molecule has 1 aliphatic heterocycles. The Balaban J connectivity index is 1.94. The molecular weight excluding hydrogens is 422 g/mol. The van der Waals surface area contributed by atoms with Crippen LogP contribution in [0.5, 0.6) is 5.75 Å². The van der Waals surface area contributed by atoms with Gasteiger partial charge in [0.2, 0.25) is 11.8 Å². The van der Waals surface area contributed by atoms with E-state index in [0.717, 1.165) is 19.3 Å². The van der Waals surface area contributed by atoms with Crippen molar-refractivity contribution in [1.82, 2.24) is 9.80 Å². The van der Waals surface area contributed by atoms with Crippen LogP contribution in [0.2, 0.25) is 0 Å². The molecule has 0 bridgehead atoms. The van der Waals surface area contributed by atoms with Gasteiger partial charge in [-0.1, -0.05) is 20.3 Å². The number of fused-ring (bicyclic) bond motifs is 1. The average molecular weight is 460 g/mol. The Labute approximate surface area is 196 Å². The molecule has 0 aromatic heterocycles. The van der Waals surface area contributed by atoms with Crippen LogP contribution >= 0.6 is 0 Å². The minimum atomic E-state index is -0.227. The Morgan fingerprint density at radius 3 is 2.55 bits per heavy atom. The van der Waals surface area contributed by atoms with Crippen molar-refractivity contribution in [3.8, 4) is 5.75 Å². The van der Waals surface area contributed by atoms with Crippen LogP contribution in [-0.4, -0.2) is 73.5 Å². The van der Waals surface area contributed by atoms with Gasteiger partial charge in [0.05, 0.1) is 17.7 Å². The van der Waals surface area contributed by atoms with Gasteiger partial charge in [-0.15, -0.1) is 0 Å². The molecule has 3 rings (SSSR count). The summed E-state index contributed by atoms with van der Waals surface area (Å²) in [5.74, 6) is 0.408. The number of carbonyl (C=O) groups is 3. The SMILES string of the molecule is CCC(=O)Nc1ccc2c(c1)C(=O)N(C)C[C@H](OC)[C@@H](C)CN(C(=O)C1CCC1)[C@@H](C)CO2. The molecule has 3 atom stereocenters. The molecule has 3 amide bonds. The van der Waals surface area contributed by atoms with Crippen molar-refractivity contribution in [3.05, 3.63) is 23.8 Å². The van der Waals surface area contributed by atoms with Crippen molar-refractivity contribution in [2.24, 2.45) is 11.8 Å². The predicted molar refractivity (Wildman–Crippen MR) is 126 cm³/mol. The topological polar surface area (TPSA) is 88.2 Å². The molecule has 0 spiro atoms. The minimum Gasteiger partial charge on any atom is -0.491 e. The number of rotatable bonds is 4. The number of nitrogens with zero attached hydrogens (tertiary/aromatic N) is 2. The molecule has 1 aliphatic carbocycles. The summed E-state index contributed by atoms with van der Waals surface area (Å²) in [7, 11) is 3.37. The van der Waals surface area contributed by atoms with Crippen LogP contribution in [0.4, 0.5) is 5.69 Å². The molecule has 0 saturated heterocycles. The number of hydrogen-bond donors (Lipinski definition) is 1. The van der Waals surface area contributed by atoms with Crippen LogP contribution in [0.15, 0.2) is 18.2 Å². The normalized spacial score (nSPS) is 24.6. The van der Waals surface area contributed by atoms with Crippen molar-refractivity contribution in [3.63, 3.8) is 0 Å². The van der Waals surface area contributed by atoms with E-state index in [1.807, 2.05) is 11.8 Å². The minimum absolute atomic E-state index is 0.0331. The molecule has 8 heteroatoms. The van der Waals surface area contributed by atoms with E-state index in [9.17, 15) is 14.4 Å². The molecular formula is C25H37N3O5.